The van der Waals surface area contributed by atoms with Crippen LogP contribution in [0.25, 0.3) is 0 Å². The van der Waals surface area contributed by atoms with Crippen molar-refractivity contribution in [2.75, 3.05) is 19.1 Å². The highest BCUT2D eigenvalue weighted by Crippen LogP contribution is 2.34. The van der Waals surface area contributed by atoms with Gasteiger partial charge in [-0.05, 0) is 25.5 Å². The van der Waals surface area contributed by atoms with E-state index in [0.717, 1.165) is 11.3 Å². The maximum Gasteiger partial charge on any atom is 0.305 e. The zero-order valence-electron chi connectivity index (χ0n) is 11.0. The van der Waals surface area contributed by atoms with Gasteiger partial charge in [0.05, 0.1) is 19.2 Å². The van der Waals surface area contributed by atoms with E-state index in [4.69, 9.17) is 21.4 Å². The molecule has 1 aromatic rings. The third-order valence-corrected chi connectivity index (χ3v) is 3.38. The first-order valence-electron chi connectivity index (χ1n) is 5.65. The quantitative estimate of drug-likeness (QED) is 0.895. The highest BCUT2D eigenvalue weighted by atomic mass is 35.5. The van der Waals surface area contributed by atoms with E-state index >= 15 is 0 Å². The average molecular weight is 272 g/mol. The molecule has 1 atom stereocenters. The molecule has 0 fully saturated rings. The van der Waals surface area contributed by atoms with Gasteiger partial charge in [0.2, 0.25) is 0 Å². The summed E-state index contributed by atoms with van der Waals surface area (Å²) in [5.41, 5.74) is 1.77. The van der Waals surface area contributed by atoms with Crippen LogP contribution < -0.4 is 9.64 Å². The lowest BCUT2D eigenvalue weighted by atomic mass is 10.1. The number of hydrogen-bond donors (Lipinski definition) is 1. The maximum absolute atomic E-state index is 10.7. The van der Waals surface area contributed by atoms with E-state index in [1.54, 1.807) is 13.2 Å². The molecule has 0 bridgehead atoms. The highest BCUT2D eigenvalue weighted by molar-refractivity contribution is 6.31. The predicted molar refractivity (Wildman–Crippen MR) is 72.9 cm³/mol. The first-order valence-corrected chi connectivity index (χ1v) is 6.03. The summed E-state index contributed by atoms with van der Waals surface area (Å²) < 4.78 is 5.28. The monoisotopic (exact) mass is 271 g/mol. The van der Waals surface area contributed by atoms with Gasteiger partial charge < -0.3 is 14.7 Å². The van der Waals surface area contributed by atoms with Crippen LogP contribution in [0.4, 0.5) is 5.69 Å². The van der Waals surface area contributed by atoms with Crippen molar-refractivity contribution in [3.8, 4) is 5.75 Å². The van der Waals surface area contributed by atoms with Gasteiger partial charge in [-0.15, -0.1) is 0 Å². The molecule has 1 rings (SSSR count). The van der Waals surface area contributed by atoms with Crippen molar-refractivity contribution < 1.29 is 14.6 Å². The highest BCUT2D eigenvalue weighted by Gasteiger charge is 2.18. The number of benzene rings is 1. The van der Waals surface area contributed by atoms with Gasteiger partial charge in [-0.3, -0.25) is 4.79 Å². The minimum atomic E-state index is -0.820. The van der Waals surface area contributed by atoms with Crippen molar-refractivity contribution in [2.24, 2.45) is 0 Å². The minimum Gasteiger partial charge on any atom is -0.495 e. The van der Waals surface area contributed by atoms with Crippen LogP contribution in [0.3, 0.4) is 0 Å². The van der Waals surface area contributed by atoms with Gasteiger partial charge >= 0.3 is 5.97 Å². The molecular weight excluding hydrogens is 254 g/mol. The van der Waals surface area contributed by atoms with Crippen molar-refractivity contribution in [3.63, 3.8) is 0 Å². The van der Waals surface area contributed by atoms with Crippen LogP contribution in [-0.4, -0.2) is 31.3 Å². The van der Waals surface area contributed by atoms with Crippen molar-refractivity contribution in [3.05, 3.63) is 22.7 Å². The molecule has 0 saturated carbocycles. The molecule has 100 valence electrons. The molecule has 18 heavy (non-hydrogen) atoms. The van der Waals surface area contributed by atoms with Crippen molar-refractivity contribution >= 4 is 23.3 Å². The molecule has 0 aromatic heterocycles. The fraction of sp³-hybridized carbons (Fsp3) is 0.462. The molecule has 0 radical (unpaired) electrons. The van der Waals surface area contributed by atoms with Crippen molar-refractivity contribution in [1.29, 1.82) is 0 Å². The summed E-state index contributed by atoms with van der Waals surface area (Å²) in [4.78, 5) is 12.6. The summed E-state index contributed by atoms with van der Waals surface area (Å²) in [6.45, 7) is 3.76. The Morgan fingerprint density at radius 2 is 2.17 bits per heavy atom. The normalized spacial score (nSPS) is 12.1. The van der Waals surface area contributed by atoms with Gasteiger partial charge in [0, 0.05) is 24.2 Å². The van der Waals surface area contributed by atoms with E-state index in [-0.39, 0.29) is 12.5 Å². The molecular formula is C13H18ClNO3. The Kier molecular flexibility index (Phi) is 4.84. The Labute approximate surface area is 112 Å². The number of halogens is 1. The SMILES string of the molecule is COc1cc(Cl)c(C)cc1N(C)C(C)CC(=O)O. The molecule has 1 aromatic carbocycles. The van der Waals surface area contributed by atoms with Crippen LogP contribution in [0.2, 0.25) is 5.02 Å². The lowest BCUT2D eigenvalue weighted by Crippen LogP contribution is -2.31. The Balaban J connectivity index is 3.07. The van der Waals surface area contributed by atoms with E-state index in [0.29, 0.717) is 10.8 Å². The fourth-order valence-electron chi connectivity index (χ4n) is 1.71. The summed E-state index contributed by atoms with van der Waals surface area (Å²) in [6.07, 6.45) is 0.0708. The third-order valence-electron chi connectivity index (χ3n) is 2.97. The average Bonchev–Trinajstić information content (AvgIpc) is 2.30. The lowest BCUT2D eigenvalue weighted by molar-refractivity contribution is -0.137. The molecule has 4 nitrogen and oxygen atoms in total. The summed E-state index contributed by atoms with van der Waals surface area (Å²) in [7, 11) is 3.42. The van der Waals surface area contributed by atoms with Gasteiger partial charge in [-0.25, -0.2) is 0 Å². The van der Waals surface area contributed by atoms with Crippen LogP contribution in [0.15, 0.2) is 12.1 Å². The number of anilines is 1. The Hall–Kier alpha value is -1.42. The molecule has 1 N–H and O–H groups in total. The van der Waals surface area contributed by atoms with E-state index < -0.39 is 5.97 Å². The topological polar surface area (TPSA) is 49.8 Å². The number of methoxy groups -OCH3 is 1. The van der Waals surface area contributed by atoms with Gasteiger partial charge in [-0.2, -0.15) is 0 Å². The van der Waals surface area contributed by atoms with E-state index in [2.05, 4.69) is 0 Å². The minimum absolute atomic E-state index is 0.0708. The predicted octanol–water partition coefficient (Wildman–Crippen LogP) is 2.96. The first-order chi connectivity index (χ1) is 8.36. The van der Waals surface area contributed by atoms with Crippen LogP contribution in [0.1, 0.15) is 18.9 Å². The first kappa shape index (κ1) is 14.6. The van der Waals surface area contributed by atoms with Gasteiger partial charge in [0.15, 0.2) is 0 Å². The van der Waals surface area contributed by atoms with Crippen molar-refractivity contribution in [2.45, 2.75) is 26.3 Å². The molecule has 0 spiro atoms. The number of aryl methyl sites for hydroxylation is 1. The fourth-order valence-corrected chi connectivity index (χ4v) is 1.87. The maximum atomic E-state index is 10.7. The summed E-state index contributed by atoms with van der Waals surface area (Å²) in [5, 5.41) is 9.46. The van der Waals surface area contributed by atoms with Gasteiger partial charge in [-0.1, -0.05) is 11.6 Å². The largest absolute Gasteiger partial charge is 0.495 e. The van der Waals surface area contributed by atoms with Crippen molar-refractivity contribution in [1.82, 2.24) is 0 Å². The van der Waals surface area contributed by atoms with Crippen LogP contribution in [0.5, 0.6) is 5.75 Å². The second-order valence-corrected chi connectivity index (χ2v) is 4.74. The number of aliphatic carboxylic acids is 1. The van der Waals surface area contributed by atoms with E-state index in [9.17, 15) is 4.79 Å². The zero-order valence-corrected chi connectivity index (χ0v) is 11.8. The zero-order chi connectivity index (χ0) is 13.9. The van der Waals surface area contributed by atoms with E-state index in [1.807, 2.05) is 31.9 Å². The number of carbonyl (C=O) groups is 1. The van der Waals surface area contributed by atoms with Crippen LogP contribution in [-0.2, 0) is 4.79 Å². The second kappa shape index (κ2) is 5.96. The van der Waals surface area contributed by atoms with Crippen LogP contribution >= 0.6 is 11.6 Å². The van der Waals surface area contributed by atoms with Gasteiger partial charge in [0.25, 0.3) is 0 Å². The number of ether oxygens (including phenoxy) is 1. The van der Waals surface area contributed by atoms with Crippen LogP contribution in [0, 0.1) is 6.92 Å². The van der Waals surface area contributed by atoms with Gasteiger partial charge in [0.1, 0.15) is 5.75 Å². The lowest BCUT2D eigenvalue weighted by Gasteiger charge is -2.28. The number of rotatable bonds is 5. The summed E-state index contributed by atoms with van der Waals surface area (Å²) in [6, 6.07) is 3.52. The molecule has 0 aliphatic carbocycles. The molecule has 1 unspecified atom stereocenters. The van der Waals surface area contributed by atoms with E-state index in [1.165, 1.54) is 0 Å². The molecule has 0 aliphatic rings. The Morgan fingerprint density at radius 3 is 2.67 bits per heavy atom. The standard InChI is InChI=1S/C13H18ClNO3/c1-8-5-11(12(18-4)7-10(8)14)15(3)9(2)6-13(16)17/h5,7,9H,6H2,1-4H3,(H,16,17). The molecule has 0 aliphatic heterocycles. The summed E-state index contributed by atoms with van der Waals surface area (Å²) >= 11 is 6.04. The molecule has 0 amide bonds. The summed E-state index contributed by atoms with van der Waals surface area (Å²) in [5.74, 6) is -0.177. The number of carboxylic acid groups (broad SMARTS) is 1. The third kappa shape index (κ3) is 3.29. The molecule has 0 heterocycles. The Morgan fingerprint density at radius 1 is 1.56 bits per heavy atom. The number of carboxylic acids is 1. The second-order valence-electron chi connectivity index (χ2n) is 4.33. The molecule has 5 heteroatoms. The smallest absolute Gasteiger partial charge is 0.305 e. The molecule has 0 saturated heterocycles. The number of hydrogen-bond acceptors (Lipinski definition) is 3. The number of nitrogens with zero attached hydrogens (tertiary/aromatic N) is 1. The Bertz CT molecular complexity index is 448.